The van der Waals surface area contributed by atoms with Crippen LogP contribution in [0.25, 0.3) is 11.3 Å². The second kappa shape index (κ2) is 7.79. The molecular weight excluding hydrogens is 312 g/mol. The van der Waals surface area contributed by atoms with Crippen molar-refractivity contribution in [2.45, 2.75) is 34.1 Å². The zero-order valence-electron chi connectivity index (χ0n) is 15.3. The van der Waals surface area contributed by atoms with Gasteiger partial charge in [0.25, 0.3) is 0 Å². The summed E-state index contributed by atoms with van der Waals surface area (Å²) in [6, 6.07) is 8.02. The van der Waals surface area contributed by atoms with Gasteiger partial charge in [-0.1, -0.05) is 18.2 Å². The maximum absolute atomic E-state index is 7.78. The second-order valence-electron chi connectivity index (χ2n) is 6.21. The predicted molar refractivity (Wildman–Crippen MR) is 105 cm³/mol. The summed E-state index contributed by atoms with van der Waals surface area (Å²) in [5, 5.41) is 11.0. The van der Waals surface area contributed by atoms with Gasteiger partial charge < -0.3 is 22.2 Å². The lowest BCUT2D eigenvalue weighted by molar-refractivity contribution is 0.990. The molecule has 132 valence electrons. The highest BCUT2D eigenvalue weighted by atomic mass is 15.1. The Kier molecular flexibility index (Phi) is 5.75. The smallest absolute Gasteiger partial charge is 0.222 e. The minimum Gasteiger partial charge on any atom is -0.402 e. The van der Waals surface area contributed by atoms with Crippen molar-refractivity contribution in [3.63, 3.8) is 0 Å². The predicted octanol–water partition coefficient (Wildman–Crippen LogP) is 3.42. The summed E-state index contributed by atoms with van der Waals surface area (Å²) in [5.41, 5.74) is 18.0. The van der Waals surface area contributed by atoms with E-state index in [2.05, 4.69) is 35.2 Å². The Morgan fingerprint density at radius 3 is 2.56 bits per heavy atom. The highest BCUT2D eigenvalue weighted by molar-refractivity contribution is 5.96. The molecule has 0 radical (unpaired) electrons. The monoisotopic (exact) mass is 338 g/mol. The SMILES string of the molecule is CC(=N)C(CCNc1cc(-c2cccc(C)c2C)nc(N)n1)=C(C)N. The number of hydrogen-bond donors (Lipinski definition) is 4. The molecule has 0 aliphatic carbocycles. The fraction of sp³-hybridized carbons (Fsp3) is 0.316. The van der Waals surface area contributed by atoms with Gasteiger partial charge in [-0.2, -0.15) is 4.98 Å². The molecule has 2 aromatic rings. The van der Waals surface area contributed by atoms with Gasteiger partial charge in [0.1, 0.15) is 5.82 Å². The number of nitrogens with two attached hydrogens (primary N) is 2. The Morgan fingerprint density at radius 2 is 1.92 bits per heavy atom. The summed E-state index contributed by atoms with van der Waals surface area (Å²) in [7, 11) is 0. The van der Waals surface area contributed by atoms with Gasteiger partial charge in [0, 0.05) is 29.6 Å². The average molecular weight is 338 g/mol. The van der Waals surface area contributed by atoms with Crippen LogP contribution in [0.15, 0.2) is 35.5 Å². The minimum atomic E-state index is 0.231. The third-order valence-corrected chi connectivity index (χ3v) is 4.23. The molecule has 0 saturated heterocycles. The fourth-order valence-electron chi connectivity index (χ4n) is 2.72. The van der Waals surface area contributed by atoms with Crippen molar-refractivity contribution in [1.82, 2.24) is 9.97 Å². The maximum atomic E-state index is 7.78. The molecule has 0 aliphatic rings. The van der Waals surface area contributed by atoms with Gasteiger partial charge >= 0.3 is 0 Å². The van der Waals surface area contributed by atoms with E-state index in [1.165, 1.54) is 11.1 Å². The van der Waals surface area contributed by atoms with Gasteiger partial charge in [0.15, 0.2) is 0 Å². The van der Waals surface area contributed by atoms with Crippen LogP contribution in [0.5, 0.6) is 0 Å². The van der Waals surface area contributed by atoms with Crippen molar-refractivity contribution < 1.29 is 0 Å². The molecule has 6 N–H and O–H groups in total. The average Bonchev–Trinajstić information content (AvgIpc) is 2.53. The number of aryl methyl sites for hydroxylation is 1. The van der Waals surface area contributed by atoms with E-state index in [1.807, 2.05) is 25.1 Å². The van der Waals surface area contributed by atoms with Gasteiger partial charge in [0.2, 0.25) is 5.95 Å². The Morgan fingerprint density at radius 1 is 1.20 bits per heavy atom. The van der Waals surface area contributed by atoms with Crippen molar-refractivity contribution in [3.8, 4) is 11.3 Å². The van der Waals surface area contributed by atoms with E-state index >= 15 is 0 Å². The first-order valence-corrected chi connectivity index (χ1v) is 8.25. The van der Waals surface area contributed by atoms with Crippen LogP contribution in [0.2, 0.25) is 0 Å². The van der Waals surface area contributed by atoms with Crippen LogP contribution in [0.4, 0.5) is 11.8 Å². The van der Waals surface area contributed by atoms with Crippen LogP contribution in [0.3, 0.4) is 0 Å². The van der Waals surface area contributed by atoms with Crippen molar-refractivity contribution in [3.05, 3.63) is 46.7 Å². The van der Waals surface area contributed by atoms with Gasteiger partial charge in [-0.25, -0.2) is 4.98 Å². The molecule has 0 spiro atoms. The zero-order chi connectivity index (χ0) is 18.6. The zero-order valence-corrected chi connectivity index (χ0v) is 15.3. The number of hydrogen-bond acceptors (Lipinski definition) is 6. The van der Waals surface area contributed by atoms with E-state index in [1.54, 1.807) is 6.92 Å². The third kappa shape index (κ3) is 4.56. The summed E-state index contributed by atoms with van der Waals surface area (Å²) in [6.07, 6.45) is 0.653. The Labute approximate surface area is 148 Å². The largest absolute Gasteiger partial charge is 0.402 e. The van der Waals surface area contributed by atoms with Crippen LogP contribution < -0.4 is 16.8 Å². The molecular formula is C19H26N6. The molecule has 6 nitrogen and oxygen atoms in total. The van der Waals surface area contributed by atoms with Crippen LogP contribution in [-0.4, -0.2) is 22.2 Å². The molecule has 2 rings (SSSR count). The van der Waals surface area contributed by atoms with E-state index in [4.69, 9.17) is 16.9 Å². The minimum absolute atomic E-state index is 0.231. The second-order valence-corrected chi connectivity index (χ2v) is 6.21. The molecule has 1 aromatic heterocycles. The first kappa shape index (κ1) is 18.4. The first-order chi connectivity index (χ1) is 11.8. The molecule has 0 amide bonds. The summed E-state index contributed by atoms with van der Waals surface area (Å²) < 4.78 is 0. The number of nitrogens with one attached hydrogen (secondary N) is 2. The molecule has 0 fully saturated rings. The lowest BCUT2D eigenvalue weighted by atomic mass is 10.0. The van der Waals surface area contributed by atoms with E-state index < -0.39 is 0 Å². The van der Waals surface area contributed by atoms with E-state index in [-0.39, 0.29) is 5.95 Å². The molecule has 0 unspecified atom stereocenters. The van der Waals surface area contributed by atoms with E-state index in [9.17, 15) is 0 Å². The molecule has 0 aliphatic heterocycles. The number of rotatable bonds is 6. The first-order valence-electron chi connectivity index (χ1n) is 8.25. The van der Waals surface area contributed by atoms with E-state index in [0.717, 1.165) is 16.8 Å². The van der Waals surface area contributed by atoms with Gasteiger partial charge in [0.05, 0.1) is 5.69 Å². The number of nitrogens with zero attached hydrogens (tertiary/aromatic N) is 2. The molecule has 6 heteroatoms. The standard InChI is InChI=1S/C19H26N6/c1-11-6-5-7-15(12(11)2)17-10-18(25-19(22)24-17)23-9-8-16(13(3)20)14(4)21/h5-7,10,20H,8-9,21H2,1-4H3,(H3,22,23,24,25). The Bertz CT molecular complexity index is 819. The van der Waals surface area contributed by atoms with Gasteiger partial charge in [-0.3, -0.25) is 0 Å². The number of nitrogen functional groups attached to an aromatic ring is 1. The molecule has 0 atom stereocenters. The third-order valence-electron chi connectivity index (χ3n) is 4.23. The van der Waals surface area contributed by atoms with Crippen molar-refractivity contribution in [2.24, 2.45) is 5.73 Å². The van der Waals surface area contributed by atoms with Crippen LogP contribution in [0, 0.1) is 19.3 Å². The molecule has 1 aromatic carbocycles. The normalized spacial score (nSPS) is 11.8. The quantitative estimate of drug-likeness (QED) is 0.603. The van der Waals surface area contributed by atoms with E-state index in [0.29, 0.717) is 30.2 Å². The maximum Gasteiger partial charge on any atom is 0.222 e. The van der Waals surface area contributed by atoms with Crippen molar-refractivity contribution in [1.29, 1.82) is 5.41 Å². The Hall–Kier alpha value is -2.89. The number of allylic oxidation sites excluding steroid dienone is 1. The molecule has 1 heterocycles. The van der Waals surface area contributed by atoms with Crippen molar-refractivity contribution >= 4 is 17.5 Å². The highest BCUT2D eigenvalue weighted by Gasteiger charge is 2.09. The summed E-state index contributed by atoms with van der Waals surface area (Å²) >= 11 is 0. The summed E-state index contributed by atoms with van der Waals surface area (Å²) in [5.74, 6) is 0.898. The lowest BCUT2D eigenvalue weighted by Crippen LogP contribution is -2.12. The Balaban J connectivity index is 2.21. The van der Waals surface area contributed by atoms with Crippen LogP contribution in [0.1, 0.15) is 31.4 Å². The lowest BCUT2D eigenvalue weighted by Gasteiger charge is -2.12. The van der Waals surface area contributed by atoms with Crippen LogP contribution in [-0.2, 0) is 0 Å². The summed E-state index contributed by atoms with van der Waals surface area (Å²) in [4.78, 5) is 8.62. The number of benzene rings is 1. The van der Waals surface area contributed by atoms with Crippen LogP contribution >= 0.6 is 0 Å². The van der Waals surface area contributed by atoms with Crippen molar-refractivity contribution in [2.75, 3.05) is 17.6 Å². The fourth-order valence-corrected chi connectivity index (χ4v) is 2.72. The topological polar surface area (TPSA) is 114 Å². The van der Waals surface area contributed by atoms with Gasteiger partial charge in [-0.05, 0) is 50.8 Å². The number of aromatic nitrogens is 2. The highest BCUT2D eigenvalue weighted by Crippen LogP contribution is 2.26. The molecule has 25 heavy (non-hydrogen) atoms. The molecule has 0 saturated carbocycles. The summed E-state index contributed by atoms with van der Waals surface area (Å²) in [6.45, 7) is 8.32. The molecule has 0 bridgehead atoms. The number of anilines is 2. The van der Waals surface area contributed by atoms with Gasteiger partial charge in [-0.15, -0.1) is 0 Å².